The second kappa shape index (κ2) is 8.60. The highest BCUT2D eigenvalue weighted by Gasteiger charge is 2.27. The molecule has 0 atom stereocenters. The second-order valence-electron chi connectivity index (χ2n) is 6.53. The van der Waals surface area contributed by atoms with Crippen molar-refractivity contribution >= 4 is 25.7 Å². The third-order valence-corrected chi connectivity index (χ3v) is 7.84. The Morgan fingerprint density at radius 3 is 2.14 bits per heavy atom. The maximum atomic E-state index is 13.1. The van der Waals surface area contributed by atoms with Gasteiger partial charge in [-0.05, 0) is 50.1 Å². The van der Waals surface area contributed by atoms with Crippen LogP contribution >= 0.6 is 0 Å². The number of nitrogens with one attached hydrogen (secondary N) is 1. The Bertz CT molecular complexity index is 1050. The lowest BCUT2D eigenvalue weighted by atomic mass is 10.1. The van der Waals surface area contributed by atoms with Crippen molar-refractivity contribution in [1.29, 1.82) is 0 Å². The summed E-state index contributed by atoms with van der Waals surface area (Å²) < 4.78 is 59.9. The van der Waals surface area contributed by atoms with E-state index in [-0.39, 0.29) is 22.9 Å². The van der Waals surface area contributed by atoms with E-state index in [0.29, 0.717) is 16.8 Å². The molecular weight excluding hydrogens is 400 g/mol. The zero-order chi connectivity index (χ0) is 21.1. The molecule has 0 aromatic heterocycles. The highest BCUT2D eigenvalue weighted by Crippen LogP contribution is 2.32. The van der Waals surface area contributed by atoms with Gasteiger partial charge in [0, 0.05) is 20.7 Å². The average Bonchev–Trinajstić information content (AvgIpc) is 2.61. The number of sulfonamides is 2. The number of methoxy groups -OCH3 is 1. The summed E-state index contributed by atoms with van der Waals surface area (Å²) in [6.45, 7) is 5.59. The first-order chi connectivity index (χ1) is 13.0. The van der Waals surface area contributed by atoms with E-state index >= 15 is 0 Å². The van der Waals surface area contributed by atoms with Crippen molar-refractivity contribution in [1.82, 2.24) is 4.72 Å². The molecule has 0 unspecified atom stereocenters. The third kappa shape index (κ3) is 4.54. The van der Waals surface area contributed by atoms with E-state index in [2.05, 4.69) is 4.72 Å². The second-order valence-corrected chi connectivity index (χ2v) is 10.2. The van der Waals surface area contributed by atoms with Crippen LogP contribution in [0, 0.1) is 20.8 Å². The monoisotopic (exact) mass is 426 g/mol. The van der Waals surface area contributed by atoms with Gasteiger partial charge in [0.15, 0.2) is 0 Å². The van der Waals surface area contributed by atoms with Crippen LogP contribution in [0.3, 0.4) is 0 Å². The summed E-state index contributed by atoms with van der Waals surface area (Å²) >= 11 is 0. The van der Waals surface area contributed by atoms with E-state index in [0.717, 1.165) is 9.87 Å². The Balaban J connectivity index is 2.52. The topological polar surface area (TPSA) is 92.8 Å². The molecule has 2 aromatic rings. The maximum Gasteiger partial charge on any atom is 0.264 e. The van der Waals surface area contributed by atoms with Crippen LogP contribution in [0.25, 0.3) is 0 Å². The molecule has 0 fully saturated rings. The molecule has 28 heavy (non-hydrogen) atoms. The average molecular weight is 427 g/mol. The summed E-state index contributed by atoms with van der Waals surface area (Å²) in [6.07, 6.45) is 0. The molecule has 2 rings (SSSR count). The van der Waals surface area contributed by atoms with Gasteiger partial charge in [-0.15, -0.1) is 0 Å². The van der Waals surface area contributed by atoms with Crippen LogP contribution in [0.2, 0.25) is 0 Å². The fraction of sp³-hybridized carbons (Fsp3) is 0.368. The van der Waals surface area contributed by atoms with Crippen molar-refractivity contribution in [2.75, 3.05) is 31.6 Å². The lowest BCUT2D eigenvalue weighted by Gasteiger charge is -2.25. The molecular formula is C19H26N2O5S2. The van der Waals surface area contributed by atoms with Gasteiger partial charge in [-0.2, -0.15) is 0 Å². The van der Waals surface area contributed by atoms with Gasteiger partial charge in [0.05, 0.1) is 22.1 Å². The quantitative estimate of drug-likeness (QED) is 0.654. The number of nitrogens with zero attached hydrogens (tertiary/aromatic N) is 1. The van der Waals surface area contributed by atoms with Crippen molar-refractivity contribution in [3.63, 3.8) is 0 Å². The van der Waals surface area contributed by atoms with E-state index < -0.39 is 20.0 Å². The molecule has 0 aliphatic heterocycles. The minimum atomic E-state index is -3.84. The molecule has 0 spiro atoms. The summed E-state index contributed by atoms with van der Waals surface area (Å²) in [5, 5.41) is 0. The molecule has 7 nitrogen and oxygen atoms in total. The molecule has 0 saturated heterocycles. The summed E-state index contributed by atoms with van der Waals surface area (Å²) in [6, 6.07) is 9.61. The smallest absolute Gasteiger partial charge is 0.264 e. The Labute approximate surface area is 167 Å². The summed E-state index contributed by atoms with van der Waals surface area (Å²) in [4.78, 5) is 0.182. The predicted octanol–water partition coefficient (Wildman–Crippen LogP) is 2.36. The minimum Gasteiger partial charge on any atom is -0.383 e. The molecule has 2 aromatic carbocycles. The van der Waals surface area contributed by atoms with E-state index in [1.54, 1.807) is 44.2 Å². The Hall–Kier alpha value is -1.94. The van der Waals surface area contributed by atoms with Crippen molar-refractivity contribution in [3.05, 3.63) is 53.1 Å². The first-order valence-corrected chi connectivity index (χ1v) is 11.6. The number of hydrogen-bond donors (Lipinski definition) is 1. The maximum absolute atomic E-state index is 13.1. The van der Waals surface area contributed by atoms with Crippen LogP contribution in [-0.2, 0) is 24.8 Å². The highest BCUT2D eigenvalue weighted by atomic mass is 32.2. The molecule has 0 heterocycles. The van der Waals surface area contributed by atoms with Crippen molar-refractivity contribution < 1.29 is 21.6 Å². The van der Waals surface area contributed by atoms with Crippen molar-refractivity contribution in [2.24, 2.45) is 0 Å². The van der Waals surface area contributed by atoms with E-state index in [4.69, 9.17) is 4.74 Å². The van der Waals surface area contributed by atoms with Crippen LogP contribution in [0.15, 0.2) is 46.2 Å². The van der Waals surface area contributed by atoms with Crippen LogP contribution in [0.1, 0.15) is 16.7 Å². The molecule has 0 saturated carbocycles. The zero-order valence-corrected chi connectivity index (χ0v) is 18.3. The number of anilines is 1. The van der Waals surface area contributed by atoms with Gasteiger partial charge in [-0.25, -0.2) is 21.6 Å². The fourth-order valence-electron chi connectivity index (χ4n) is 2.94. The lowest BCUT2D eigenvalue weighted by Crippen LogP contribution is -2.30. The largest absolute Gasteiger partial charge is 0.383 e. The minimum absolute atomic E-state index is 0.0372. The molecule has 0 aliphatic carbocycles. The van der Waals surface area contributed by atoms with Gasteiger partial charge in [0.1, 0.15) is 0 Å². The SMILES string of the molecule is COCCNS(=O)(=O)c1ccc(C)c(N(C)S(=O)(=O)c2ccc(C)cc2)c1C. The number of aryl methyl sites for hydroxylation is 2. The molecule has 0 amide bonds. The molecule has 0 bridgehead atoms. The van der Waals surface area contributed by atoms with Crippen LogP contribution < -0.4 is 9.03 Å². The van der Waals surface area contributed by atoms with Crippen LogP contribution in [0.4, 0.5) is 5.69 Å². The Morgan fingerprint density at radius 1 is 0.964 bits per heavy atom. The molecule has 9 heteroatoms. The Kier molecular flexibility index (Phi) is 6.87. The zero-order valence-electron chi connectivity index (χ0n) is 16.7. The normalized spacial score (nSPS) is 12.2. The highest BCUT2D eigenvalue weighted by molar-refractivity contribution is 7.92. The number of benzene rings is 2. The first kappa shape index (κ1) is 22.4. The van der Waals surface area contributed by atoms with Gasteiger partial charge in [0.2, 0.25) is 10.0 Å². The molecule has 0 radical (unpaired) electrons. The number of rotatable bonds is 8. The first-order valence-electron chi connectivity index (χ1n) is 8.66. The van der Waals surface area contributed by atoms with E-state index in [1.807, 2.05) is 6.92 Å². The van der Waals surface area contributed by atoms with Gasteiger partial charge < -0.3 is 4.74 Å². The van der Waals surface area contributed by atoms with Gasteiger partial charge >= 0.3 is 0 Å². The summed E-state index contributed by atoms with van der Waals surface area (Å²) in [5.41, 5.74) is 2.31. The molecule has 0 aliphatic rings. The van der Waals surface area contributed by atoms with Crippen LogP contribution in [-0.4, -0.2) is 44.1 Å². The Morgan fingerprint density at radius 2 is 1.57 bits per heavy atom. The number of ether oxygens (including phenoxy) is 1. The van der Waals surface area contributed by atoms with E-state index in [9.17, 15) is 16.8 Å². The van der Waals surface area contributed by atoms with Crippen molar-refractivity contribution in [2.45, 2.75) is 30.6 Å². The molecule has 1 N–H and O–H groups in total. The summed E-state index contributed by atoms with van der Waals surface area (Å²) in [5.74, 6) is 0. The standard InChI is InChI=1S/C19H26N2O5S2/c1-14-6-9-17(10-7-14)28(24,25)21(4)19-15(2)8-11-18(16(19)3)27(22,23)20-12-13-26-5/h6-11,20H,12-13H2,1-5H3. The van der Waals surface area contributed by atoms with E-state index in [1.165, 1.54) is 20.2 Å². The lowest BCUT2D eigenvalue weighted by molar-refractivity contribution is 0.204. The number of hydrogen-bond acceptors (Lipinski definition) is 5. The molecule has 154 valence electrons. The van der Waals surface area contributed by atoms with Gasteiger partial charge in [-0.3, -0.25) is 4.31 Å². The third-order valence-electron chi connectivity index (χ3n) is 4.47. The van der Waals surface area contributed by atoms with Crippen molar-refractivity contribution in [3.8, 4) is 0 Å². The van der Waals surface area contributed by atoms with Gasteiger partial charge in [-0.1, -0.05) is 23.8 Å². The van der Waals surface area contributed by atoms with Crippen LogP contribution in [0.5, 0.6) is 0 Å². The predicted molar refractivity (Wildman–Crippen MR) is 110 cm³/mol. The van der Waals surface area contributed by atoms with Gasteiger partial charge in [0.25, 0.3) is 10.0 Å². The summed E-state index contributed by atoms with van der Waals surface area (Å²) in [7, 11) is -4.73. The fourth-order valence-corrected chi connectivity index (χ4v) is 5.51.